The van der Waals surface area contributed by atoms with Crippen molar-refractivity contribution in [2.24, 2.45) is 0 Å². The molecule has 1 aromatic rings. The van der Waals surface area contributed by atoms with Crippen LogP contribution < -0.4 is 4.74 Å². The van der Waals surface area contributed by atoms with Gasteiger partial charge in [0.15, 0.2) is 0 Å². The van der Waals surface area contributed by atoms with Gasteiger partial charge in [0.1, 0.15) is 5.75 Å². The zero-order valence-corrected chi connectivity index (χ0v) is 10.00. The van der Waals surface area contributed by atoms with Crippen molar-refractivity contribution in [3.8, 4) is 5.75 Å². The zero-order chi connectivity index (χ0) is 12.3. The van der Waals surface area contributed by atoms with E-state index >= 15 is 0 Å². The molecule has 0 saturated heterocycles. The first kappa shape index (κ1) is 12.3. The minimum atomic E-state index is -0.946. The maximum Gasteiger partial charge on any atom is 0.328 e. The highest BCUT2D eigenvalue weighted by Crippen LogP contribution is 2.30. The maximum absolute atomic E-state index is 10.6. The van der Waals surface area contributed by atoms with Crippen LogP contribution in [0.5, 0.6) is 5.75 Å². The number of benzene rings is 1. The molecule has 3 nitrogen and oxygen atoms in total. The molecule has 0 aromatic heterocycles. The molecular weight excluding hydrogens is 204 g/mol. The van der Waals surface area contributed by atoms with Crippen LogP contribution in [0.15, 0.2) is 18.2 Å². The number of ether oxygens (including phenoxy) is 1. The van der Waals surface area contributed by atoms with Crippen LogP contribution in [0.2, 0.25) is 0 Å². The summed E-state index contributed by atoms with van der Waals surface area (Å²) in [5.41, 5.74) is 3.63. The van der Waals surface area contributed by atoms with E-state index in [4.69, 9.17) is 9.84 Å². The smallest absolute Gasteiger partial charge is 0.328 e. The number of methoxy groups -OCH3 is 1. The molecular formula is C13H16O3. The van der Waals surface area contributed by atoms with Gasteiger partial charge in [-0.05, 0) is 43.5 Å². The number of hydrogen-bond donors (Lipinski definition) is 1. The van der Waals surface area contributed by atoms with E-state index in [0.717, 1.165) is 22.4 Å². The SMILES string of the molecule is COc1c(C)cc(C)cc1/C(C)=C/C(=O)O. The van der Waals surface area contributed by atoms with Crippen LogP contribution in [-0.2, 0) is 4.79 Å². The summed E-state index contributed by atoms with van der Waals surface area (Å²) in [7, 11) is 1.59. The fourth-order valence-electron chi connectivity index (χ4n) is 1.78. The van der Waals surface area contributed by atoms with Gasteiger partial charge in [0, 0.05) is 11.6 Å². The zero-order valence-electron chi connectivity index (χ0n) is 10.00. The largest absolute Gasteiger partial charge is 0.496 e. The van der Waals surface area contributed by atoms with E-state index in [9.17, 15) is 4.79 Å². The van der Waals surface area contributed by atoms with Gasteiger partial charge in [0.05, 0.1) is 7.11 Å². The highest BCUT2D eigenvalue weighted by Gasteiger charge is 2.09. The second-order valence-corrected chi connectivity index (χ2v) is 3.83. The van der Waals surface area contributed by atoms with Gasteiger partial charge in [0.2, 0.25) is 0 Å². The molecule has 0 radical (unpaired) electrons. The van der Waals surface area contributed by atoms with Gasteiger partial charge in [-0.15, -0.1) is 0 Å². The summed E-state index contributed by atoms with van der Waals surface area (Å²) in [6.45, 7) is 5.69. The van der Waals surface area contributed by atoms with Crippen molar-refractivity contribution in [3.63, 3.8) is 0 Å². The highest BCUT2D eigenvalue weighted by atomic mass is 16.5. The van der Waals surface area contributed by atoms with E-state index < -0.39 is 5.97 Å². The molecule has 0 heterocycles. The molecule has 0 saturated carbocycles. The average molecular weight is 220 g/mol. The standard InChI is InChI=1S/C13H16O3/c1-8-5-10(3)13(16-4)11(6-8)9(2)7-12(14)15/h5-7H,1-4H3,(H,14,15)/b9-7+. The molecule has 86 valence electrons. The van der Waals surface area contributed by atoms with Crippen LogP contribution >= 0.6 is 0 Å². The summed E-state index contributed by atoms with van der Waals surface area (Å²) in [6, 6.07) is 3.94. The summed E-state index contributed by atoms with van der Waals surface area (Å²) in [5.74, 6) is -0.209. The Morgan fingerprint density at radius 2 is 2.00 bits per heavy atom. The van der Waals surface area contributed by atoms with E-state index in [2.05, 4.69) is 0 Å². The predicted octanol–water partition coefficient (Wildman–Crippen LogP) is 2.80. The Morgan fingerprint density at radius 3 is 2.50 bits per heavy atom. The molecule has 0 aliphatic carbocycles. The quantitative estimate of drug-likeness (QED) is 0.797. The van der Waals surface area contributed by atoms with Crippen LogP contribution in [0.4, 0.5) is 0 Å². The number of carboxylic acids is 1. The molecule has 0 aliphatic heterocycles. The fourth-order valence-corrected chi connectivity index (χ4v) is 1.78. The number of aryl methyl sites for hydroxylation is 2. The Morgan fingerprint density at radius 1 is 1.38 bits per heavy atom. The summed E-state index contributed by atoms with van der Waals surface area (Å²) in [6.07, 6.45) is 1.19. The monoisotopic (exact) mass is 220 g/mol. The fraction of sp³-hybridized carbons (Fsp3) is 0.308. The van der Waals surface area contributed by atoms with Gasteiger partial charge in [0.25, 0.3) is 0 Å². The number of rotatable bonds is 3. The molecule has 0 unspecified atom stereocenters. The summed E-state index contributed by atoms with van der Waals surface area (Å²) >= 11 is 0. The Bertz CT molecular complexity index is 445. The molecule has 0 atom stereocenters. The van der Waals surface area contributed by atoms with Crippen molar-refractivity contribution in [2.45, 2.75) is 20.8 Å². The maximum atomic E-state index is 10.6. The van der Waals surface area contributed by atoms with E-state index in [-0.39, 0.29) is 0 Å². The van der Waals surface area contributed by atoms with E-state index in [1.807, 2.05) is 26.0 Å². The van der Waals surface area contributed by atoms with Crippen molar-refractivity contribution in [1.82, 2.24) is 0 Å². The normalized spacial score (nSPS) is 11.4. The van der Waals surface area contributed by atoms with Crippen LogP contribution in [0.3, 0.4) is 0 Å². The molecule has 0 fully saturated rings. The Balaban J connectivity index is 3.37. The Hall–Kier alpha value is -1.77. The lowest BCUT2D eigenvalue weighted by atomic mass is 10.00. The highest BCUT2D eigenvalue weighted by molar-refractivity contribution is 5.90. The number of carboxylic acid groups (broad SMARTS) is 1. The topological polar surface area (TPSA) is 46.5 Å². The Labute approximate surface area is 95.4 Å². The van der Waals surface area contributed by atoms with Gasteiger partial charge >= 0.3 is 5.97 Å². The van der Waals surface area contributed by atoms with Crippen LogP contribution in [-0.4, -0.2) is 18.2 Å². The molecule has 0 amide bonds. The minimum absolute atomic E-state index is 0.691. The third kappa shape index (κ3) is 2.63. The molecule has 1 N–H and O–H groups in total. The molecule has 0 bridgehead atoms. The molecule has 0 aliphatic rings. The number of carbonyl (C=O) groups is 1. The van der Waals surface area contributed by atoms with Gasteiger partial charge in [-0.25, -0.2) is 4.79 Å². The minimum Gasteiger partial charge on any atom is -0.496 e. The summed E-state index contributed by atoms with van der Waals surface area (Å²) in [5, 5.41) is 8.73. The molecule has 3 heteroatoms. The van der Waals surface area contributed by atoms with Crippen LogP contribution in [0.25, 0.3) is 5.57 Å². The van der Waals surface area contributed by atoms with Crippen molar-refractivity contribution < 1.29 is 14.6 Å². The molecule has 1 aromatic carbocycles. The van der Waals surface area contributed by atoms with Crippen molar-refractivity contribution in [3.05, 3.63) is 34.9 Å². The third-order valence-electron chi connectivity index (χ3n) is 2.39. The first-order valence-corrected chi connectivity index (χ1v) is 5.02. The Kier molecular flexibility index (Phi) is 3.72. The third-order valence-corrected chi connectivity index (χ3v) is 2.39. The van der Waals surface area contributed by atoms with Crippen molar-refractivity contribution in [1.29, 1.82) is 0 Å². The first-order chi connectivity index (χ1) is 7.45. The van der Waals surface area contributed by atoms with Crippen molar-refractivity contribution >= 4 is 11.5 Å². The summed E-state index contributed by atoms with van der Waals surface area (Å²) in [4.78, 5) is 10.6. The van der Waals surface area contributed by atoms with Crippen LogP contribution in [0, 0.1) is 13.8 Å². The molecule has 0 spiro atoms. The number of aliphatic carboxylic acids is 1. The van der Waals surface area contributed by atoms with Gasteiger partial charge < -0.3 is 9.84 Å². The molecule has 1 rings (SSSR count). The van der Waals surface area contributed by atoms with Crippen LogP contribution in [0.1, 0.15) is 23.6 Å². The van der Waals surface area contributed by atoms with E-state index in [1.165, 1.54) is 6.08 Å². The predicted molar refractivity (Wildman–Crippen MR) is 63.8 cm³/mol. The lowest BCUT2D eigenvalue weighted by Gasteiger charge is -2.12. The van der Waals surface area contributed by atoms with E-state index in [1.54, 1.807) is 14.0 Å². The number of allylic oxidation sites excluding steroid dienone is 1. The van der Waals surface area contributed by atoms with Gasteiger partial charge in [-0.3, -0.25) is 0 Å². The number of hydrogen-bond acceptors (Lipinski definition) is 2. The van der Waals surface area contributed by atoms with E-state index in [0.29, 0.717) is 5.57 Å². The first-order valence-electron chi connectivity index (χ1n) is 5.02. The second kappa shape index (κ2) is 4.84. The van der Waals surface area contributed by atoms with Gasteiger partial charge in [-0.1, -0.05) is 6.07 Å². The second-order valence-electron chi connectivity index (χ2n) is 3.83. The van der Waals surface area contributed by atoms with Gasteiger partial charge in [-0.2, -0.15) is 0 Å². The lowest BCUT2D eigenvalue weighted by Crippen LogP contribution is -1.96. The summed E-state index contributed by atoms with van der Waals surface area (Å²) < 4.78 is 5.30. The lowest BCUT2D eigenvalue weighted by molar-refractivity contribution is -0.131. The molecule has 16 heavy (non-hydrogen) atoms. The average Bonchev–Trinajstić information content (AvgIpc) is 2.15. The van der Waals surface area contributed by atoms with Crippen molar-refractivity contribution in [2.75, 3.05) is 7.11 Å².